The molecule has 1 aromatic heterocycles. The fraction of sp³-hybridized carbons (Fsp3) is 0.167. The molecule has 1 N–H and O–H groups in total. The lowest BCUT2D eigenvalue weighted by atomic mass is 10.2. The topological polar surface area (TPSA) is 72.6 Å². The van der Waals surface area contributed by atoms with E-state index in [1.807, 2.05) is 0 Å². The molecule has 2 aromatic rings. The second-order valence-corrected chi connectivity index (χ2v) is 4.51. The normalized spacial score (nSPS) is 10.7. The predicted molar refractivity (Wildman–Crippen MR) is 67.3 cm³/mol. The maximum Gasteiger partial charge on any atom is 0.373 e. The molecule has 0 aliphatic heterocycles. The van der Waals surface area contributed by atoms with Crippen LogP contribution in [0.3, 0.4) is 0 Å². The van der Waals surface area contributed by atoms with E-state index in [1.54, 1.807) is 0 Å². The van der Waals surface area contributed by atoms with Crippen LogP contribution in [0.5, 0.6) is 0 Å². The Morgan fingerprint density at radius 3 is 2.95 bits per heavy atom. The first kappa shape index (κ1) is 13.7. The van der Waals surface area contributed by atoms with Gasteiger partial charge in [-0.3, -0.25) is 0 Å². The molecule has 0 radical (unpaired) electrons. The molecule has 1 aromatic carbocycles. The Kier molecular flexibility index (Phi) is 3.96. The van der Waals surface area contributed by atoms with Crippen LogP contribution < -0.4 is 0 Å². The van der Waals surface area contributed by atoms with Crippen molar-refractivity contribution in [2.45, 2.75) is 6.61 Å². The van der Waals surface area contributed by atoms with Gasteiger partial charge in [-0.25, -0.2) is 14.2 Å². The number of benzene rings is 1. The van der Waals surface area contributed by atoms with Gasteiger partial charge in [0.2, 0.25) is 11.7 Å². The van der Waals surface area contributed by atoms with Gasteiger partial charge >= 0.3 is 5.97 Å². The lowest BCUT2D eigenvalue weighted by Crippen LogP contribution is -2.00. The molecular weight excluding hydrogens is 321 g/mol. The zero-order chi connectivity index (χ0) is 14.0. The van der Waals surface area contributed by atoms with E-state index in [1.165, 1.54) is 25.3 Å². The van der Waals surface area contributed by atoms with Crippen molar-refractivity contribution in [1.82, 2.24) is 4.98 Å². The minimum atomic E-state index is -1.25. The van der Waals surface area contributed by atoms with Gasteiger partial charge in [0.1, 0.15) is 11.5 Å². The van der Waals surface area contributed by atoms with Crippen molar-refractivity contribution < 1.29 is 23.4 Å². The Morgan fingerprint density at radius 2 is 2.32 bits per heavy atom. The van der Waals surface area contributed by atoms with Crippen molar-refractivity contribution in [3.8, 4) is 11.5 Å². The van der Waals surface area contributed by atoms with Gasteiger partial charge in [-0.15, -0.1) is 0 Å². The molecule has 0 spiro atoms. The van der Waals surface area contributed by atoms with Crippen LogP contribution >= 0.6 is 15.9 Å². The Morgan fingerprint density at radius 1 is 1.58 bits per heavy atom. The summed E-state index contributed by atoms with van der Waals surface area (Å²) in [6.45, 7) is -0.00192. The number of methoxy groups -OCH3 is 1. The summed E-state index contributed by atoms with van der Waals surface area (Å²) in [7, 11) is 1.41. The van der Waals surface area contributed by atoms with E-state index >= 15 is 0 Å². The van der Waals surface area contributed by atoms with E-state index in [4.69, 9.17) is 14.3 Å². The molecule has 0 bridgehead atoms. The lowest BCUT2D eigenvalue weighted by Gasteiger charge is -1.99. The van der Waals surface area contributed by atoms with Crippen LogP contribution in [0.4, 0.5) is 4.39 Å². The average Bonchev–Trinajstić information content (AvgIpc) is 2.77. The van der Waals surface area contributed by atoms with E-state index in [9.17, 15) is 9.18 Å². The highest BCUT2D eigenvalue weighted by atomic mass is 79.9. The number of ether oxygens (including phenoxy) is 1. The van der Waals surface area contributed by atoms with Crippen LogP contribution in [0.2, 0.25) is 0 Å². The maximum atomic E-state index is 13.2. The van der Waals surface area contributed by atoms with Crippen molar-refractivity contribution in [2.75, 3.05) is 7.11 Å². The Labute approximate surface area is 116 Å². The predicted octanol–water partition coefficient (Wildman–Crippen LogP) is 3.09. The van der Waals surface area contributed by atoms with Crippen LogP contribution in [0.25, 0.3) is 11.5 Å². The number of oxazole rings is 1. The van der Waals surface area contributed by atoms with Gasteiger partial charge in [-0.1, -0.05) is 0 Å². The molecule has 7 heteroatoms. The first-order valence-electron chi connectivity index (χ1n) is 5.20. The molecule has 0 fully saturated rings. The van der Waals surface area contributed by atoms with Crippen molar-refractivity contribution >= 4 is 21.9 Å². The van der Waals surface area contributed by atoms with Crippen molar-refractivity contribution in [2.24, 2.45) is 0 Å². The second kappa shape index (κ2) is 5.50. The SMILES string of the molecule is COCc1nc(-c2cc(F)ccc2Br)oc1C(=O)O. The van der Waals surface area contributed by atoms with E-state index in [-0.39, 0.29) is 24.0 Å². The molecule has 0 atom stereocenters. The zero-order valence-corrected chi connectivity index (χ0v) is 11.4. The summed E-state index contributed by atoms with van der Waals surface area (Å²) in [4.78, 5) is 15.0. The van der Waals surface area contributed by atoms with Gasteiger partial charge in [0.25, 0.3) is 0 Å². The van der Waals surface area contributed by atoms with E-state index < -0.39 is 11.8 Å². The van der Waals surface area contributed by atoms with Gasteiger partial charge in [0.05, 0.1) is 12.2 Å². The summed E-state index contributed by atoms with van der Waals surface area (Å²) in [6, 6.07) is 3.97. The standard InChI is InChI=1S/C12H9BrFNO4/c1-18-5-9-10(12(16)17)19-11(15-9)7-4-6(14)2-3-8(7)13/h2-4H,5H2,1H3,(H,16,17). The molecule has 0 aliphatic rings. The minimum absolute atomic E-state index is 0.00192. The first-order chi connectivity index (χ1) is 9.02. The third-order valence-electron chi connectivity index (χ3n) is 2.33. The van der Waals surface area contributed by atoms with Gasteiger partial charge in [-0.2, -0.15) is 0 Å². The third kappa shape index (κ3) is 2.82. The highest BCUT2D eigenvalue weighted by Gasteiger charge is 2.21. The molecule has 100 valence electrons. The second-order valence-electron chi connectivity index (χ2n) is 3.66. The molecule has 5 nitrogen and oxygen atoms in total. The summed E-state index contributed by atoms with van der Waals surface area (Å²) >= 11 is 3.23. The largest absolute Gasteiger partial charge is 0.475 e. The molecule has 2 rings (SSSR count). The molecule has 1 heterocycles. The maximum absolute atomic E-state index is 13.2. The van der Waals surface area contributed by atoms with Crippen LogP contribution in [-0.4, -0.2) is 23.2 Å². The minimum Gasteiger partial charge on any atom is -0.475 e. The molecule has 0 saturated heterocycles. The fourth-order valence-corrected chi connectivity index (χ4v) is 1.95. The molecule has 0 saturated carbocycles. The van der Waals surface area contributed by atoms with E-state index in [0.717, 1.165) is 0 Å². The van der Waals surface area contributed by atoms with Crippen LogP contribution in [-0.2, 0) is 11.3 Å². The number of nitrogens with zero attached hydrogens (tertiary/aromatic N) is 1. The van der Waals surface area contributed by atoms with E-state index in [0.29, 0.717) is 10.0 Å². The number of carbonyl (C=O) groups is 1. The molecule has 0 amide bonds. The summed E-state index contributed by atoms with van der Waals surface area (Å²) in [6.07, 6.45) is 0. The number of halogens is 2. The summed E-state index contributed by atoms with van der Waals surface area (Å²) < 4.78 is 23.8. The number of carboxylic acids is 1. The van der Waals surface area contributed by atoms with Gasteiger partial charge in [-0.05, 0) is 34.1 Å². The number of hydrogen-bond acceptors (Lipinski definition) is 4. The number of aromatic carboxylic acids is 1. The highest BCUT2D eigenvalue weighted by Crippen LogP contribution is 2.30. The van der Waals surface area contributed by atoms with Crippen molar-refractivity contribution in [3.05, 3.63) is 39.9 Å². The molecule has 0 unspecified atom stereocenters. The lowest BCUT2D eigenvalue weighted by molar-refractivity contribution is 0.0656. The monoisotopic (exact) mass is 329 g/mol. The zero-order valence-electron chi connectivity index (χ0n) is 9.81. The van der Waals surface area contributed by atoms with Gasteiger partial charge < -0.3 is 14.3 Å². The quantitative estimate of drug-likeness (QED) is 0.933. The van der Waals surface area contributed by atoms with Gasteiger partial charge in [0, 0.05) is 11.6 Å². The summed E-state index contributed by atoms with van der Waals surface area (Å²) in [5.41, 5.74) is 0.492. The first-order valence-corrected chi connectivity index (χ1v) is 5.99. The fourth-order valence-electron chi connectivity index (χ4n) is 1.53. The smallest absolute Gasteiger partial charge is 0.373 e. The number of hydrogen-bond donors (Lipinski definition) is 1. The number of aromatic nitrogens is 1. The average molecular weight is 330 g/mol. The van der Waals surface area contributed by atoms with Gasteiger partial charge in [0.15, 0.2) is 0 Å². The van der Waals surface area contributed by atoms with Crippen molar-refractivity contribution in [3.63, 3.8) is 0 Å². The van der Waals surface area contributed by atoms with E-state index in [2.05, 4.69) is 20.9 Å². The molecule has 19 heavy (non-hydrogen) atoms. The highest BCUT2D eigenvalue weighted by molar-refractivity contribution is 9.10. The summed E-state index contributed by atoms with van der Waals surface area (Å²) in [5.74, 6) is -2.01. The third-order valence-corrected chi connectivity index (χ3v) is 3.02. The number of carboxylic acid groups (broad SMARTS) is 1. The Bertz CT molecular complexity index is 626. The number of rotatable bonds is 4. The van der Waals surface area contributed by atoms with Crippen LogP contribution in [0, 0.1) is 5.82 Å². The molecule has 0 aliphatic carbocycles. The summed E-state index contributed by atoms with van der Waals surface area (Å²) in [5, 5.41) is 9.00. The van der Waals surface area contributed by atoms with Crippen LogP contribution in [0.15, 0.2) is 27.1 Å². The van der Waals surface area contributed by atoms with Crippen molar-refractivity contribution in [1.29, 1.82) is 0 Å². The molecular formula is C12H9BrFNO4. The Hall–Kier alpha value is -1.73. The Balaban J connectivity index is 2.53. The van der Waals surface area contributed by atoms with Crippen LogP contribution in [0.1, 0.15) is 16.2 Å².